The van der Waals surface area contributed by atoms with Crippen molar-refractivity contribution in [3.05, 3.63) is 34.9 Å². The molecular formula is C15H23ClN2O3S. The third-order valence-electron chi connectivity index (χ3n) is 3.59. The number of halogens is 1. The van der Waals surface area contributed by atoms with E-state index < -0.39 is 10.0 Å². The molecule has 1 heterocycles. The Kier molecular flexibility index (Phi) is 6.23. The summed E-state index contributed by atoms with van der Waals surface area (Å²) in [5.41, 5.74) is 0.968. The number of hydrogen-bond donors (Lipinski definition) is 1. The molecule has 0 aromatic heterocycles. The van der Waals surface area contributed by atoms with Gasteiger partial charge in [0.2, 0.25) is 10.0 Å². The summed E-state index contributed by atoms with van der Waals surface area (Å²) in [6, 6.07) is 7.54. The van der Waals surface area contributed by atoms with Crippen molar-refractivity contribution >= 4 is 21.6 Å². The molecule has 0 unspecified atom stereocenters. The second kappa shape index (κ2) is 7.75. The van der Waals surface area contributed by atoms with Crippen molar-refractivity contribution < 1.29 is 13.2 Å². The molecule has 1 aromatic rings. The number of hydrogen-bond acceptors (Lipinski definition) is 4. The van der Waals surface area contributed by atoms with Gasteiger partial charge in [-0.3, -0.25) is 0 Å². The van der Waals surface area contributed by atoms with E-state index in [4.69, 9.17) is 16.3 Å². The summed E-state index contributed by atoms with van der Waals surface area (Å²) in [6.45, 7) is 5.61. The Hall–Kier alpha value is -0.660. The number of ether oxygens (including phenoxy) is 1. The molecule has 0 aliphatic carbocycles. The van der Waals surface area contributed by atoms with Gasteiger partial charge in [-0.15, -0.1) is 0 Å². The molecule has 7 heteroatoms. The Balaban J connectivity index is 1.81. The Labute approximate surface area is 137 Å². The maximum Gasteiger partial charge on any atom is 0.215 e. The van der Waals surface area contributed by atoms with Gasteiger partial charge in [-0.05, 0) is 25.5 Å². The van der Waals surface area contributed by atoms with Crippen LogP contribution in [0.2, 0.25) is 5.02 Å². The van der Waals surface area contributed by atoms with Crippen LogP contribution in [0, 0.1) is 0 Å². The summed E-state index contributed by atoms with van der Waals surface area (Å²) in [5, 5.41) is 3.83. The zero-order valence-corrected chi connectivity index (χ0v) is 14.5. The standard InChI is InChI=1S/C15H23ClN2O3S/c1-12-10-18(11-13(2)21-12)22(19,20)8-7-17-9-14-5-3-4-6-15(14)16/h3-6,12-13,17H,7-11H2,1-2H3/t12-,13-/m1/s1. The molecule has 2 rings (SSSR count). The highest BCUT2D eigenvalue weighted by molar-refractivity contribution is 7.89. The van der Waals surface area contributed by atoms with E-state index in [-0.39, 0.29) is 18.0 Å². The molecular weight excluding hydrogens is 324 g/mol. The van der Waals surface area contributed by atoms with Gasteiger partial charge in [-0.25, -0.2) is 8.42 Å². The van der Waals surface area contributed by atoms with Crippen molar-refractivity contribution in [2.45, 2.75) is 32.6 Å². The maximum absolute atomic E-state index is 12.4. The number of sulfonamides is 1. The molecule has 124 valence electrons. The van der Waals surface area contributed by atoms with Crippen LogP contribution in [0.25, 0.3) is 0 Å². The average Bonchev–Trinajstić information content (AvgIpc) is 2.44. The van der Waals surface area contributed by atoms with E-state index in [9.17, 15) is 8.42 Å². The summed E-state index contributed by atoms with van der Waals surface area (Å²) in [4.78, 5) is 0. The summed E-state index contributed by atoms with van der Waals surface area (Å²) < 4.78 is 31.8. The quantitative estimate of drug-likeness (QED) is 0.799. The first-order valence-electron chi connectivity index (χ1n) is 7.46. The number of morpholine rings is 1. The van der Waals surface area contributed by atoms with E-state index in [1.807, 2.05) is 38.1 Å². The lowest BCUT2D eigenvalue weighted by Crippen LogP contribution is -2.49. The van der Waals surface area contributed by atoms with Gasteiger partial charge in [0.25, 0.3) is 0 Å². The predicted octanol–water partition coefficient (Wildman–Crippen LogP) is 1.87. The molecule has 1 aromatic carbocycles. The van der Waals surface area contributed by atoms with Gasteiger partial charge in [0, 0.05) is 31.2 Å². The predicted molar refractivity (Wildman–Crippen MR) is 88.5 cm³/mol. The minimum atomic E-state index is -3.26. The maximum atomic E-state index is 12.4. The lowest BCUT2D eigenvalue weighted by atomic mass is 10.2. The molecule has 0 spiro atoms. The minimum Gasteiger partial charge on any atom is -0.373 e. The van der Waals surface area contributed by atoms with E-state index in [0.29, 0.717) is 31.2 Å². The molecule has 0 bridgehead atoms. The lowest BCUT2D eigenvalue weighted by Gasteiger charge is -2.34. The van der Waals surface area contributed by atoms with E-state index in [0.717, 1.165) is 5.56 Å². The molecule has 22 heavy (non-hydrogen) atoms. The van der Waals surface area contributed by atoms with E-state index >= 15 is 0 Å². The SMILES string of the molecule is C[C@@H]1CN(S(=O)(=O)CCNCc2ccccc2Cl)C[C@@H](C)O1. The highest BCUT2D eigenvalue weighted by atomic mass is 35.5. The van der Waals surface area contributed by atoms with Crippen LogP contribution in [0.15, 0.2) is 24.3 Å². The topological polar surface area (TPSA) is 58.6 Å². The van der Waals surface area contributed by atoms with Crippen LogP contribution >= 0.6 is 11.6 Å². The average molecular weight is 347 g/mol. The molecule has 1 N–H and O–H groups in total. The van der Waals surface area contributed by atoms with Crippen molar-refractivity contribution in [3.8, 4) is 0 Å². The second-order valence-corrected chi connectivity index (χ2v) is 8.15. The number of benzene rings is 1. The van der Waals surface area contributed by atoms with Crippen LogP contribution in [-0.4, -0.2) is 50.3 Å². The third-order valence-corrected chi connectivity index (χ3v) is 5.76. The van der Waals surface area contributed by atoms with Crippen molar-refractivity contribution in [2.24, 2.45) is 0 Å². The smallest absolute Gasteiger partial charge is 0.215 e. The summed E-state index contributed by atoms with van der Waals surface area (Å²) in [7, 11) is -3.26. The molecule has 1 aliphatic rings. The largest absolute Gasteiger partial charge is 0.373 e. The van der Waals surface area contributed by atoms with E-state index in [2.05, 4.69) is 5.32 Å². The van der Waals surface area contributed by atoms with Gasteiger partial charge >= 0.3 is 0 Å². The fraction of sp³-hybridized carbons (Fsp3) is 0.600. The fourth-order valence-corrected chi connectivity index (χ4v) is 4.29. The summed E-state index contributed by atoms with van der Waals surface area (Å²) >= 11 is 6.07. The van der Waals surface area contributed by atoms with E-state index in [1.54, 1.807) is 0 Å². The fourth-order valence-electron chi connectivity index (χ4n) is 2.55. The molecule has 0 radical (unpaired) electrons. The third kappa shape index (κ3) is 4.93. The molecule has 0 amide bonds. The van der Waals surface area contributed by atoms with Gasteiger partial charge in [0.1, 0.15) is 0 Å². The second-order valence-electron chi connectivity index (χ2n) is 5.66. The monoisotopic (exact) mass is 346 g/mol. The normalized spacial score (nSPS) is 23.6. The Bertz CT molecular complexity index is 584. The molecule has 5 nitrogen and oxygen atoms in total. The van der Waals surface area contributed by atoms with Crippen LogP contribution in [-0.2, 0) is 21.3 Å². The van der Waals surface area contributed by atoms with Gasteiger partial charge < -0.3 is 10.1 Å². The highest BCUT2D eigenvalue weighted by Crippen LogP contribution is 2.15. The van der Waals surface area contributed by atoms with Gasteiger partial charge in [0.05, 0.1) is 18.0 Å². The first-order chi connectivity index (χ1) is 10.4. The van der Waals surface area contributed by atoms with Crippen LogP contribution in [0.1, 0.15) is 19.4 Å². The minimum absolute atomic E-state index is 0.0605. The van der Waals surface area contributed by atoms with Gasteiger partial charge in [0.15, 0.2) is 0 Å². The summed E-state index contributed by atoms with van der Waals surface area (Å²) in [6.07, 6.45) is -0.121. The zero-order chi connectivity index (χ0) is 16.2. The van der Waals surface area contributed by atoms with Crippen LogP contribution in [0.3, 0.4) is 0 Å². The Morgan fingerprint density at radius 3 is 2.55 bits per heavy atom. The molecule has 1 fully saturated rings. The molecule has 1 aliphatic heterocycles. The van der Waals surface area contributed by atoms with Crippen molar-refractivity contribution in [1.82, 2.24) is 9.62 Å². The number of nitrogens with one attached hydrogen (secondary N) is 1. The van der Waals surface area contributed by atoms with Crippen molar-refractivity contribution in [1.29, 1.82) is 0 Å². The lowest BCUT2D eigenvalue weighted by molar-refractivity contribution is -0.0440. The number of nitrogens with zero attached hydrogens (tertiary/aromatic N) is 1. The number of rotatable bonds is 6. The van der Waals surface area contributed by atoms with Crippen LogP contribution in [0.5, 0.6) is 0 Å². The van der Waals surface area contributed by atoms with E-state index in [1.165, 1.54) is 4.31 Å². The Morgan fingerprint density at radius 2 is 1.91 bits per heavy atom. The van der Waals surface area contributed by atoms with Crippen LogP contribution in [0.4, 0.5) is 0 Å². The van der Waals surface area contributed by atoms with Gasteiger partial charge in [-0.1, -0.05) is 29.8 Å². The van der Waals surface area contributed by atoms with Crippen molar-refractivity contribution in [2.75, 3.05) is 25.4 Å². The Morgan fingerprint density at radius 1 is 1.27 bits per heavy atom. The molecule has 0 saturated carbocycles. The van der Waals surface area contributed by atoms with Crippen LogP contribution < -0.4 is 5.32 Å². The highest BCUT2D eigenvalue weighted by Gasteiger charge is 2.30. The van der Waals surface area contributed by atoms with Gasteiger partial charge in [-0.2, -0.15) is 4.31 Å². The molecule has 2 atom stereocenters. The summed E-state index contributed by atoms with van der Waals surface area (Å²) in [5.74, 6) is 0.0803. The first kappa shape index (κ1) is 17.7. The zero-order valence-electron chi connectivity index (χ0n) is 13.0. The molecule has 1 saturated heterocycles. The van der Waals surface area contributed by atoms with Crippen molar-refractivity contribution in [3.63, 3.8) is 0 Å². The first-order valence-corrected chi connectivity index (χ1v) is 9.44.